The van der Waals surface area contributed by atoms with Gasteiger partial charge in [0.05, 0.1) is 4.90 Å². The first-order valence-corrected chi connectivity index (χ1v) is 11.3. The monoisotopic (exact) mass is 413 g/mol. The minimum absolute atomic E-state index is 0.101. The molecule has 0 aliphatic carbocycles. The molecule has 0 N–H and O–H groups in total. The number of likely N-dealkylation sites (N-methyl/N-ethyl adjacent to an activating group) is 1. The Balaban J connectivity index is 1.76. The van der Waals surface area contributed by atoms with Gasteiger partial charge in [-0.3, -0.25) is 4.79 Å². The first kappa shape index (κ1) is 20.1. The van der Waals surface area contributed by atoms with E-state index in [1.165, 1.54) is 37.4 Å². The standard InChI is InChI=1S/C22H27N3O3S/c1-15-8-9-20-18(12-15)19-14-24(4)11-10-21(19)25(20)22(26)16-6-5-7-17(13-16)29(27,28)23(2)3/h5-9,12-13,19,21H,10-11,14H2,1-4H3/t19-,21-/m1/s1. The molecule has 4 rings (SSSR count). The van der Waals surface area contributed by atoms with E-state index in [1.54, 1.807) is 12.1 Å². The first-order chi connectivity index (χ1) is 13.7. The van der Waals surface area contributed by atoms with Gasteiger partial charge in [0.2, 0.25) is 10.0 Å². The van der Waals surface area contributed by atoms with Gasteiger partial charge in [-0.05, 0) is 56.8 Å². The lowest BCUT2D eigenvalue weighted by molar-refractivity contribution is 0.0964. The number of amides is 1. The molecule has 1 saturated heterocycles. The Hall–Kier alpha value is -2.22. The molecule has 0 saturated carbocycles. The summed E-state index contributed by atoms with van der Waals surface area (Å²) in [5.41, 5.74) is 3.75. The quantitative estimate of drug-likeness (QED) is 0.776. The zero-order valence-electron chi connectivity index (χ0n) is 17.3. The molecule has 154 valence electrons. The SMILES string of the molecule is Cc1ccc2c(c1)[C@H]1CN(C)CC[C@H]1N2C(=O)c1cccc(S(=O)(=O)N(C)C)c1. The summed E-state index contributed by atoms with van der Waals surface area (Å²) in [5.74, 6) is 0.143. The maximum Gasteiger partial charge on any atom is 0.258 e. The highest BCUT2D eigenvalue weighted by molar-refractivity contribution is 7.89. The van der Waals surface area contributed by atoms with E-state index in [4.69, 9.17) is 0 Å². The molecule has 6 nitrogen and oxygen atoms in total. The molecule has 0 unspecified atom stereocenters. The van der Waals surface area contributed by atoms with Crippen LogP contribution >= 0.6 is 0 Å². The van der Waals surface area contributed by atoms with Gasteiger partial charge in [0.15, 0.2) is 0 Å². The number of rotatable bonds is 3. The minimum Gasteiger partial charge on any atom is -0.306 e. The van der Waals surface area contributed by atoms with Gasteiger partial charge in [-0.15, -0.1) is 0 Å². The van der Waals surface area contributed by atoms with Gasteiger partial charge >= 0.3 is 0 Å². The Labute approximate surface area is 172 Å². The van der Waals surface area contributed by atoms with Crippen molar-refractivity contribution in [1.29, 1.82) is 0 Å². The van der Waals surface area contributed by atoms with Gasteiger partial charge in [0.25, 0.3) is 5.91 Å². The maximum absolute atomic E-state index is 13.6. The van der Waals surface area contributed by atoms with Crippen LogP contribution in [0.15, 0.2) is 47.4 Å². The Morgan fingerprint density at radius 1 is 1.14 bits per heavy atom. The zero-order chi connectivity index (χ0) is 20.9. The van der Waals surface area contributed by atoms with Gasteiger partial charge < -0.3 is 9.80 Å². The Kier molecular flexibility index (Phi) is 5.01. The zero-order valence-corrected chi connectivity index (χ0v) is 18.1. The van der Waals surface area contributed by atoms with E-state index < -0.39 is 10.0 Å². The lowest BCUT2D eigenvalue weighted by atomic mass is 9.88. The van der Waals surface area contributed by atoms with Crippen molar-refractivity contribution in [1.82, 2.24) is 9.21 Å². The van der Waals surface area contributed by atoms with Crippen LogP contribution in [-0.4, -0.2) is 63.8 Å². The van der Waals surface area contributed by atoms with Crippen LogP contribution in [0.3, 0.4) is 0 Å². The maximum atomic E-state index is 13.6. The number of nitrogens with zero attached hydrogens (tertiary/aromatic N) is 3. The summed E-state index contributed by atoms with van der Waals surface area (Å²) >= 11 is 0. The van der Waals surface area contributed by atoms with Crippen molar-refractivity contribution in [2.45, 2.75) is 30.2 Å². The van der Waals surface area contributed by atoms with Crippen LogP contribution in [0.2, 0.25) is 0 Å². The molecule has 0 bridgehead atoms. The highest BCUT2D eigenvalue weighted by Gasteiger charge is 2.44. The third-order valence-electron chi connectivity index (χ3n) is 6.03. The average molecular weight is 414 g/mol. The van der Waals surface area contributed by atoms with Crippen molar-refractivity contribution in [3.63, 3.8) is 0 Å². The molecule has 7 heteroatoms. The molecule has 0 aromatic heterocycles. The van der Waals surface area contributed by atoms with Crippen LogP contribution < -0.4 is 4.90 Å². The largest absolute Gasteiger partial charge is 0.306 e. The molecule has 1 fully saturated rings. The molecule has 0 spiro atoms. The van der Waals surface area contributed by atoms with Gasteiger partial charge in [0, 0.05) is 43.9 Å². The number of fused-ring (bicyclic) bond motifs is 3. The molecule has 29 heavy (non-hydrogen) atoms. The van der Waals surface area contributed by atoms with E-state index in [0.717, 1.165) is 29.5 Å². The molecule has 2 aliphatic heterocycles. The normalized spacial score (nSPS) is 21.9. The molecule has 2 heterocycles. The average Bonchev–Trinajstić information content (AvgIpc) is 3.00. The second-order valence-corrected chi connectivity index (χ2v) is 10.4. The number of sulfonamides is 1. The molecule has 1 amide bonds. The molecular weight excluding hydrogens is 386 g/mol. The Morgan fingerprint density at radius 2 is 1.90 bits per heavy atom. The Bertz CT molecular complexity index is 1060. The van der Waals surface area contributed by atoms with E-state index in [-0.39, 0.29) is 22.8 Å². The number of piperidine rings is 1. The Morgan fingerprint density at radius 3 is 2.62 bits per heavy atom. The lowest BCUT2D eigenvalue weighted by Gasteiger charge is -2.36. The summed E-state index contributed by atoms with van der Waals surface area (Å²) in [6, 6.07) is 12.7. The topological polar surface area (TPSA) is 60.9 Å². The number of carbonyl (C=O) groups excluding carboxylic acids is 1. The summed E-state index contributed by atoms with van der Waals surface area (Å²) in [5, 5.41) is 0. The number of hydrogen-bond donors (Lipinski definition) is 0. The summed E-state index contributed by atoms with van der Waals surface area (Å²) < 4.78 is 26.2. The molecule has 0 radical (unpaired) electrons. The van der Waals surface area contributed by atoms with Crippen LogP contribution in [0.5, 0.6) is 0 Å². The van der Waals surface area contributed by atoms with Crippen molar-refractivity contribution in [3.05, 3.63) is 59.2 Å². The fourth-order valence-electron chi connectivity index (χ4n) is 4.49. The predicted octanol–water partition coefficient (Wildman–Crippen LogP) is 2.69. The number of carbonyl (C=O) groups is 1. The van der Waals surface area contributed by atoms with Gasteiger partial charge in [-0.2, -0.15) is 0 Å². The molecule has 2 aromatic carbocycles. The summed E-state index contributed by atoms with van der Waals surface area (Å²) in [4.78, 5) is 17.9. The smallest absolute Gasteiger partial charge is 0.258 e. The second kappa shape index (κ2) is 7.23. The van der Waals surface area contributed by atoms with Crippen LogP contribution in [0.4, 0.5) is 5.69 Å². The lowest BCUT2D eigenvalue weighted by Crippen LogP contribution is -2.47. The first-order valence-electron chi connectivity index (χ1n) is 9.85. The number of anilines is 1. The fourth-order valence-corrected chi connectivity index (χ4v) is 5.43. The molecule has 2 aliphatic rings. The van der Waals surface area contributed by atoms with Gasteiger partial charge in [0.1, 0.15) is 0 Å². The fraction of sp³-hybridized carbons (Fsp3) is 0.409. The third kappa shape index (κ3) is 3.37. The molecular formula is C22H27N3O3S. The van der Waals surface area contributed by atoms with Crippen molar-refractivity contribution in [3.8, 4) is 0 Å². The number of benzene rings is 2. The minimum atomic E-state index is -3.60. The molecule has 2 aromatic rings. The predicted molar refractivity (Wildman–Crippen MR) is 114 cm³/mol. The van der Waals surface area contributed by atoms with Crippen LogP contribution in [-0.2, 0) is 10.0 Å². The van der Waals surface area contributed by atoms with Crippen molar-refractivity contribution < 1.29 is 13.2 Å². The number of hydrogen-bond acceptors (Lipinski definition) is 4. The number of likely N-dealkylation sites (tertiary alicyclic amines) is 1. The highest BCUT2D eigenvalue weighted by atomic mass is 32.2. The summed E-state index contributed by atoms with van der Waals surface area (Å²) in [6.45, 7) is 3.93. The van der Waals surface area contributed by atoms with Gasteiger partial charge in [-0.25, -0.2) is 12.7 Å². The van der Waals surface area contributed by atoms with Crippen LogP contribution in [0.25, 0.3) is 0 Å². The molecule has 2 atom stereocenters. The summed E-state index contributed by atoms with van der Waals surface area (Å²) in [7, 11) is 1.50. The van der Waals surface area contributed by atoms with E-state index in [1.807, 2.05) is 17.0 Å². The van der Waals surface area contributed by atoms with Crippen LogP contribution in [0, 0.1) is 6.92 Å². The summed E-state index contributed by atoms with van der Waals surface area (Å²) in [6.07, 6.45) is 0.899. The number of aryl methyl sites for hydroxylation is 1. The van der Waals surface area contributed by atoms with Gasteiger partial charge in [-0.1, -0.05) is 23.8 Å². The van der Waals surface area contributed by atoms with Crippen molar-refractivity contribution in [2.24, 2.45) is 0 Å². The van der Waals surface area contributed by atoms with E-state index in [0.29, 0.717) is 5.56 Å². The second-order valence-electron chi connectivity index (χ2n) is 8.28. The van der Waals surface area contributed by atoms with E-state index in [9.17, 15) is 13.2 Å². The van der Waals surface area contributed by atoms with E-state index >= 15 is 0 Å². The van der Waals surface area contributed by atoms with Crippen molar-refractivity contribution in [2.75, 3.05) is 39.1 Å². The van der Waals surface area contributed by atoms with E-state index in [2.05, 4.69) is 24.9 Å². The highest BCUT2D eigenvalue weighted by Crippen LogP contribution is 2.45. The third-order valence-corrected chi connectivity index (χ3v) is 7.84. The van der Waals surface area contributed by atoms with Crippen molar-refractivity contribution >= 4 is 21.6 Å². The van der Waals surface area contributed by atoms with Crippen LogP contribution in [0.1, 0.15) is 33.8 Å².